The molecule has 2 aromatic rings. The van der Waals surface area contributed by atoms with Gasteiger partial charge in [-0.15, -0.1) is 16.4 Å². The van der Waals surface area contributed by atoms with Gasteiger partial charge in [0.15, 0.2) is 5.16 Å². The number of H-pyrrole nitrogens is 1. The topological polar surface area (TPSA) is 131 Å². The van der Waals surface area contributed by atoms with Crippen LogP contribution < -0.4 is 16.6 Å². The standard InChI is InChI=1S/C14H15N5O3S2/c15-12(22)11-7-3-1-2-4-8(7)24-13(11)17-10(21)6-23-14-18-9(20)5-16-19-14/h5H,1-4,6H2,(H2,15,22)(H,17,21)(H,18,19,20). The summed E-state index contributed by atoms with van der Waals surface area (Å²) < 4.78 is 0. The molecule has 0 atom stereocenters. The van der Waals surface area contributed by atoms with E-state index in [9.17, 15) is 14.4 Å². The molecule has 1 aliphatic carbocycles. The van der Waals surface area contributed by atoms with Gasteiger partial charge in [0.2, 0.25) is 5.91 Å². The largest absolute Gasteiger partial charge is 0.365 e. The lowest BCUT2D eigenvalue weighted by Gasteiger charge is -2.11. The second-order valence-electron chi connectivity index (χ2n) is 5.26. The number of thioether (sulfide) groups is 1. The predicted molar refractivity (Wildman–Crippen MR) is 91.5 cm³/mol. The van der Waals surface area contributed by atoms with Crippen molar-refractivity contribution in [2.24, 2.45) is 5.73 Å². The van der Waals surface area contributed by atoms with E-state index in [1.165, 1.54) is 11.3 Å². The highest BCUT2D eigenvalue weighted by Crippen LogP contribution is 2.37. The minimum absolute atomic E-state index is 0.0371. The highest BCUT2D eigenvalue weighted by Gasteiger charge is 2.24. The molecule has 126 valence electrons. The second kappa shape index (κ2) is 7.14. The summed E-state index contributed by atoms with van der Waals surface area (Å²) in [6.07, 6.45) is 4.88. The summed E-state index contributed by atoms with van der Waals surface area (Å²) in [5.41, 5.74) is 6.52. The number of amides is 2. The Morgan fingerprint density at radius 3 is 2.92 bits per heavy atom. The van der Waals surface area contributed by atoms with Crippen molar-refractivity contribution in [3.8, 4) is 0 Å². The molecule has 2 aromatic heterocycles. The van der Waals surface area contributed by atoms with Crippen LogP contribution in [0.1, 0.15) is 33.6 Å². The smallest absolute Gasteiger partial charge is 0.270 e. The Hall–Kier alpha value is -2.20. The van der Waals surface area contributed by atoms with Crippen molar-refractivity contribution in [3.05, 3.63) is 32.6 Å². The summed E-state index contributed by atoms with van der Waals surface area (Å²) >= 11 is 2.47. The van der Waals surface area contributed by atoms with Gasteiger partial charge in [0.25, 0.3) is 11.5 Å². The molecule has 2 heterocycles. The molecular formula is C14H15N5O3S2. The normalized spacial score (nSPS) is 13.3. The van der Waals surface area contributed by atoms with Gasteiger partial charge in [-0.25, -0.2) is 0 Å². The van der Waals surface area contributed by atoms with Gasteiger partial charge in [-0.05, 0) is 31.2 Å². The van der Waals surface area contributed by atoms with E-state index in [4.69, 9.17) is 5.73 Å². The Labute approximate surface area is 145 Å². The number of aromatic amines is 1. The average Bonchev–Trinajstić information content (AvgIpc) is 2.91. The number of primary amides is 1. The molecule has 0 fully saturated rings. The molecule has 0 unspecified atom stereocenters. The van der Waals surface area contributed by atoms with Crippen LogP contribution in [0.4, 0.5) is 5.00 Å². The van der Waals surface area contributed by atoms with Crippen LogP contribution in [-0.4, -0.2) is 32.7 Å². The van der Waals surface area contributed by atoms with Gasteiger partial charge in [-0.2, -0.15) is 5.10 Å². The zero-order chi connectivity index (χ0) is 17.1. The van der Waals surface area contributed by atoms with E-state index in [0.29, 0.717) is 10.6 Å². The minimum atomic E-state index is -0.518. The van der Waals surface area contributed by atoms with Gasteiger partial charge in [0, 0.05) is 4.88 Å². The van der Waals surface area contributed by atoms with E-state index in [1.807, 2.05) is 0 Å². The Kier molecular flexibility index (Phi) is 4.95. The zero-order valence-electron chi connectivity index (χ0n) is 12.6. The van der Waals surface area contributed by atoms with E-state index in [1.54, 1.807) is 0 Å². The fourth-order valence-corrected chi connectivity index (χ4v) is 4.50. The van der Waals surface area contributed by atoms with Crippen molar-refractivity contribution < 1.29 is 9.59 Å². The van der Waals surface area contributed by atoms with Crippen LogP contribution >= 0.6 is 23.1 Å². The number of carbonyl (C=O) groups is 2. The molecule has 1 aliphatic rings. The summed E-state index contributed by atoms with van der Waals surface area (Å²) in [5.74, 6) is -0.779. The van der Waals surface area contributed by atoms with Crippen LogP contribution in [0, 0.1) is 0 Å². The summed E-state index contributed by atoms with van der Waals surface area (Å²) in [7, 11) is 0. The summed E-state index contributed by atoms with van der Waals surface area (Å²) in [4.78, 5) is 38.6. The number of carbonyl (C=O) groups excluding carboxylic acids is 2. The van der Waals surface area contributed by atoms with E-state index in [2.05, 4.69) is 20.5 Å². The molecule has 2 amide bonds. The van der Waals surface area contributed by atoms with Gasteiger partial charge in [0.1, 0.15) is 11.2 Å². The van der Waals surface area contributed by atoms with Crippen molar-refractivity contribution in [2.45, 2.75) is 30.8 Å². The number of nitrogens with two attached hydrogens (primary N) is 1. The van der Waals surface area contributed by atoms with Gasteiger partial charge in [-0.1, -0.05) is 11.8 Å². The lowest BCUT2D eigenvalue weighted by Crippen LogP contribution is -2.19. The summed E-state index contributed by atoms with van der Waals surface area (Å²) in [6, 6.07) is 0. The summed E-state index contributed by atoms with van der Waals surface area (Å²) in [5, 5.41) is 10.8. The maximum absolute atomic E-state index is 12.1. The highest BCUT2D eigenvalue weighted by atomic mass is 32.2. The quantitative estimate of drug-likeness (QED) is 0.676. The third-order valence-corrected chi connectivity index (χ3v) is 5.64. The lowest BCUT2D eigenvalue weighted by atomic mass is 9.95. The molecule has 0 saturated carbocycles. The number of nitrogens with one attached hydrogen (secondary N) is 2. The minimum Gasteiger partial charge on any atom is -0.365 e. The first-order valence-corrected chi connectivity index (χ1v) is 9.14. The van der Waals surface area contributed by atoms with Crippen LogP contribution in [0.3, 0.4) is 0 Å². The van der Waals surface area contributed by atoms with Crippen molar-refractivity contribution in [3.63, 3.8) is 0 Å². The second-order valence-corrected chi connectivity index (χ2v) is 7.32. The monoisotopic (exact) mass is 365 g/mol. The van der Waals surface area contributed by atoms with Gasteiger partial charge < -0.3 is 11.1 Å². The Bertz CT molecular complexity index is 845. The van der Waals surface area contributed by atoms with E-state index >= 15 is 0 Å². The van der Waals surface area contributed by atoms with Gasteiger partial charge >= 0.3 is 0 Å². The van der Waals surface area contributed by atoms with Crippen molar-refractivity contribution in [1.29, 1.82) is 0 Å². The van der Waals surface area contributed by atoms with Crippen molar-refractivity contribution in [1.82, 2.24) is 15.2 Å². The number of anilines is 1. The first-order chi connectivity index (χ1) is 11.5. The van der Waals surface area contributed by atoms with Crippen molar-refractivity contribution >= 4 is 39.9 Å². The number of hydrogen-bond acceptors (Lipinski definition) is 7. The van der Waals surface area contributed by atoms with Crippen LogP contribution in [0.25, 0.3) is 0 Å². The molecular weight excluding hydrogens is 350 g/mol. The number of fused-ring (bicyclic) bond motifs is 1. The maximum atomic E-state index is 12.1. The highest BCUT2D eigenvalue weighted by molar-refractivity contribution is 7.99. The summed E-state index contributed by atoms with van der Waals surface area (Å²) in [6.45, 7) is 0. The Balaban J connectivity index is 1.71. The fourth-order valence-electron chi connectivity index (χ4n) is 2.57. The predicted octanol–water partition coefficient (Wildman–Crippen LogP) is 0.935. The molecule has 0 aromatic carbocycles. The first-order valence-electron chi connectivity index (χ1n) is 7.33. The molecule has 24 heavy (non-hydrogen) atoms. The number of hydrogen-bond donors (Lipinski definition) is 3. The Morgan fingerprint density at radius 1 is 1.38 bits per heavy atom. The maximum Gasteiger partial charge on any atom is 0.270 e. The average molecular weight is 365 g/mol. The third kappa shape index (κ3) is 3.65. The number of aromatic nitrogens is 3. The van der Waals surface area contributed by atoms with Crippen molar-refractivity contribution in [2.75, 3.05) is 11.1 Å². The number of aryl methyl sites for hydroxylation is 1. The van der Waals surface area contributed by atoms with Gasteiger partial charge in [-0.3, -0.25) is 19.4 Å². The molecule has 0 aliphatic heterocycles. The number of rotatable bonds is 5. The number of thiophene rings is 1. The third-order valence-electron chi connectivity index (χ3n) is 3.56. The van der Waals surface area contributed by atoms with Crippen LogP contribution in [-0.2, 0) is 17.6 Å². The molecule has 4 N–H and O–H groups in total. The number of nitrogens with zero attached hydrogens (tertiary/aromatic N) is 2. The zero-order valence-corrected chi connectivity index (χ0v) is 14.3. The molecule has 0 spiro atoms. The van der Waals surface area contributed by atoms with Crippen LogP contribution in [0.2, 0.25) is 0 Å². The molecule has 0 saturated heterocycles. The van der Waals surface area contributed by atoms with E-state index in [0.717, 1.165) is 54.1 Å². The first kappa shape index (κ1) is 16.7. The van der Waals surface area contributed by atoms with Crippen LogP contribution in [0.5, 0.6) is 0 Å². The van der Waals surface area contributed by atoms with E-state index < -0.39 is 5.91 Å². The molecule has 8 nitrogen and oxygen atoms in total. The fraction of sp³-hybridized carbons (Fsp3) is 0.357. The SMILES string of the molecule is NC(=O)c1c(NC(=O)CSc2nncc(=O)[nH]2)sc2c1CCCC2. The molecule has 0 radical (unpaired) electrons. The lowest BCUT2D eigenvalue weighted by molar-refractivity contribution is -0.113. The van der Waals surface area contributed by atoms with Gasteiger partial charge in [0.05, 0.1) is 11.3 Å². The Morgan fingerprint density at radius 2 is 2.17 bits per heavy atom. The molecule has 10 heteroatoms. The molecule has 0 bridgehead atoms. The van der Waals surface area contributed by atoms with Crippen LogP contribution in [0.15, 0.2) is 16.1 Å². The molecule has 3 rings (SSSR count). The van der Waals surface area contributed by atoms with E-state index in [-0.39, 0.29) is 22.4 Å².